The van der Waals surface area contributed by atoms with Crippen LogP contribution in [-0.4, -0.2) is 11.8 Å². The first-order chi connectivity index (χ1) is 9.97. The number of ether oxygens (including phenoxy) is 1. The smallest absolute Gasteiger partial charge is 0.308 e. The molecule has 0 bridgehead atoms. The lowest BCUT2D eigenvalue weighted by Gasteiger charge is -2.07. The van der Waals surface area contributed by atoms with Crippen molar-refractivity contribution < 1.29 is 14.3 Å². The van der Waals surface area contributed by atoms with Crippen molar-refractivity contribution in [3.8, 4) is 5.75 Å². The van der Waals surface area contributed by atoms with E-state index in [4.69, 9.17) is 4.74 Å². The third kappa shape index (κ3) is 3.78. The molecule has 0 unspecified atom stereocenters. The van der Waals surface area contributed by atoms with Crippen LogP contribution in [0.4, 0.5) is 0 Å². The van der Waals surface area contributed by atoms with E-state index in [1.807, 2.05) is 24.3 Å². The molecule has 2 aromatic carbocycles. The van der Waals surface area contributed by atoms with Crippen LogP contribution in [0, 0.1) is 0 Å². The predicted octanol–water partition coefficient (Wildman–Crippen LogP) is 3.97. The van der Waals surface area contributed by atoms with E-state index in [-0.39, 0.29) is 11.8 Å². The molecule has 0 saturated carbocycles. The van der Waals surface area contributed by atoms with E-state index in [1.165, 1.54) is 12.5 Å². The molecule has 21 heavy (non-hydrogen) atoms. The second-order valence-corrected chi connectivity index (χ2v) is 5.22. The number of esters is 1. The van der Waals surface area contributed by atoms with E-state index < -0.39 is 0 Å². The van der Waals surface area contributed by atoms with E-state index >= 15 is 0 Å². The average Bonchev–Trinajstić information content (AvgIpc) is 2.47. The highest BCUT2D eigenvalue weighted by molar-refractivity contribution is 6.09. The van der Waals surface area contributed by atoms with Gasteiger partial charge in [0.05, 0.1) is 0 Å². The number of rotatable bonds is 4. The third-order valence-corrected chi connectivity index (χ3v) is 3.22. The van der Waals surface area contributed by atoms with Crippen LogP contribution in [0.3, 0.4) is 0 Å². The van der Waals surface area contributed by atoms with Crippen molar-refractivity contribution in [2.24, 2.45) is 0 Å². The van der Waals surface area contributed by atoms with Crippen LogP contribution >= 0.6 is 0 Å². The lowest BCUT2D eigenvalue weighted by molar-refractivity contribution is -0.131. The van der Waals surface area contributed by atoms with Gasteiger partial charge in [-0.25, -0.2) is 0 Å². The van der Waals surface area contributed by atoms with Crippen LogP contribution in [-0.2, 0) is 4.79 Å². The minimum Gasteiger partial charge on any atom is -0.427 e. The van der Waals surface area contributed by atoms with E-state index in [0.717, 1.165) is 0 Å². The molecule has 3 nitrogen and oxygen atoms in total. The van der Waals surface area contributed by atoms with E-state index in [9.17, 15) is 9.59 Å². The first-order valence-electron chi connectivity index (χ1n) is 6.90. The fourth-order valence-corrected chi connectivity index (χ4v) is 2.03. The van der Waals surface area contributed by atoms with Crippen LogP contribution in [0.2, 0.25) is 0 Å². The summed E-state index contributed by atoms with van der Waals surface area (Å²) in [4.78, 5) is 23.2. The van der Waals surface area contributed by atoms with E-state index in [2.05, 4.69) is 13.8 Å². The summed E-state index contributed by atoms with van der Waals surface area (Å²) < 4.78 is 4.95. The molecule has 0 N–H and O–H groups in total. The highest BCUT2D eigenvalue weighted by Crippen LogP contribution is 2.18. The molecule has 0 spiro atoms. The normalized spacial score (nSPS) is 10.5. The maximum atomic E-state index is 12.4. The number of carbonyl (C=O) groups is 2. The van der Waals surface area contributed by atoms with Crippen molar-refractivity contribution >= 4 is 11.8 Å². The highest BCUT2D eigenvalue weighted by Gasteiger charge is 2.10. The van der Waals surface area contributed by atoms with Gasteiger partial charge >= 0.3 is 5.97 Å². The average molecular weight is 282 g/mol. The summed E-state index contributed by atoms with van der Waals surface area (Å²) in [6.07, 6.45) is 0. The van der Waals surface area contributed by atoms with E-state index in [1.54, 1.807) is 24.3 Å². The monoisotopic (exact) mass is 282 g/mol. The molecule has 0 aliphatic carbocycles. The second-order valence-electron chi connectivity index (χ2n) is 5.22. The van der Waals surface area contributed by atoms with Crippen LogP contribution in [0.1, 0.15) is 48.2 Å². The molecular weight excluding hydrogens is 264 g/mol. The van der Waals surface area contributed by atoms with Crippen molar-refractivity contribution in [1.82, 2.24) is 0 Å². The molecule has 0 radical (unpaired) electrons. The van der Waals surface area contributed by atoms with Gasteiger partial charge in [-0.05, 0) is 35.7 Å². The largest absolute Gasteiger partial charge is 0.427 e. The Morgan fingerprint density at radius 2 is 1.33 bits per heavy atom. The van der Waals surface area contributed by atoms with Crippen LogP contribution in [0.25, 0.3) is 0 Å². The molecule has 2 aromatic rings. The van der Waals surface area contributed by atoms with Crippen LogP contribution in [0.15, 0.2) is 48.5 Å². The molecule has 0 fully saturated rings. The lowest BCUT2D eigenvalue weighted by Crippen LogP contribution is -2.04. The SMILES string of the molecule is CC(=O)Oc1ccc(C(=O)c2ccc(C(C)C)cc2)cc1. The first kappa shape index (κ1) is 15.0. The summed E-state index contributed by atoms with van der Waals surface area (Å²) in [7, 11) is 0. The molecular formula is C18H18O3. The summed E-state index contributed by atoms with van der Waals surface area (Å²) in [6, 6.07) is 14.2. The summed E-state index contributed by atoms with van der Waals surface area (Å²) in [5.41, 5.74) is 2.43. The fraction of sp³-hybridized carbons (Fsp3) is 0.222. The molecule has 108 valence electrons. The lowest BCUT2D eigenvalue weighted by atomic mass is 9.98. The maximum absolute atomic E-state index is 12.4. The molecule has 0 saturated heterocycles. The zero-order valence-corrected chi connectivity index (χ0v) is 12.4. The van der Waals surface area contributed by atoms with Gasteiger partial charge in [-0.3, -0.25) is 9.59 Å². The van der Waals surface area contributed by atoms with Crippen LogP contribution in [0.5, 0.6) is 5.75 Å². The Morgan fingerprint density at radius 3 is 1.76 bits per heavy atom. The zero-order valence-electron chi connectivity index (χ0n) is 12.4. The van der Waals surface area contributed by atoms with Crippen molar-refractivity contribution in [3.05, 3.63) is 65.2 Å². The summed E-state index contributed by atoms with van der Waals surface area (Å²) in [6.45, 7) is 5.57. The van der Waals surface area contributed by atoms with Gasteiger partial charge in [0.25, 0.3) is 0 Å². The number of carbonyl (C=O) groups excluding carboxylic acids is 2. The van der Waals surface area contributed by atoms with Crippen molar-refractivity contribution in [2.75, 3.05) is 0 Å². The Kier molecular flexibility index (Phi) is 4.53. The maximum Gasteiger partial charge on any atom is 0.308 e. The number of ketones is 1. The van der Waals surface area contributed by atoms with Gasteiger partial charge in [-0.15, -0.1) is 0 Å². The quantitative estimate of drug-likeness (QED) is 0.484. The summed E-state index contributed by atoms with van der Waals surface area (Å²) in [5.74, 6) is 0.462. The highest BCUT2D eigenvalue weighted by atomic mass is 16.5. The minimum absolute atomic E-state index is 0.0420. The molecule has 0 heterocycles. The number of hydrogen-bond acceptors (Lipinski definition) is 3. The Morgan fingerprint density at radius 1 is 0.857 bits per heavy atom. The Hall–Kier alpha value is -2.42. The predicted molar refractivity (Wildman–Crippen MR) is 81.7 cm³/mol. The van der Waals surface area contributed by atoms with Crippen LogP contribution < -0.4 is 4.74 Å². The Balaban J connectivity index is 2.17. The molecule has 0 aliphatic heterocycles. The summed E-state index contributed by atoms with van der Waals surface area (Å²) in [5, 5.41) is 0. The molecule has 3 heteroatoms. The van der Waals surface area contributed by atoms with Gasteiger partial charge in [0, 0.05) is 18.1 Å². The minimum atomic E-state index is -0.377. The molecule has 0 amide bonds. The van der Waals surface area contributed by atoms with Gasteiger partial charge < -0.3 is 4.74 Å². The molecule has 0 aliphatic rings. The molecule has 0 atom stereocenters. The fourth-order valence-electron chi connectivity index (χ4n) is 2.03. The summed E-state index contributed by atoms with van der Waals surface area (Å²) >= 11 is 0. The van der Waals surface area contributed by atoms with Gasteiger partial charge in [0.15, 0.2) is 5.78 Å². The van der Waals surface area contributed by atoms with Gasteiger partial charge in [-0.1, -0.05) is 38.1 Å². The third-order valence-electron chi connectivity index (χ3n) is 3.22. The topological polar surface area (TPSA) is 43.4 Å². The molecule has 0 aromatic heterocycles. The first-order valence-corrected chi connectivity index (χ1v) is 6.90. The van der Waals surface area contributed by atoms with Gasteiger partial charge in [0.1, 0.15) is 5.75 Å². The molecule has 2 rings (SSSR count). The number of benzene rings is 2. The second kappa shape index (κ2) is 6.35. The zero-order chi connectivity index (χ0) is 15.4. The van der Waals surface area contributed by atoms with Crippen molar-refractivity contribution in [2.45, 2.75) is 26.7 Å². The van der Waals surface area contributed by atoms with Crippen molar-refractivity contribution in [3.63, 3.8) is 0 Å². The number of hydrogen-bond donors (Lipinski definition) is 0. The van der Waals surface area contributed by atoms with Crippen molar-refractivity contribution in [1.29, 1.82) is 0 Å². The van der Waals surface area contributed by atoms with Gasteiger partial charge in [0.2, 0.25) is 0 Å². The standard InChI is InChI=1S/C18H18O3/c1-12(2)14-4-6-15(7-5-14)18(20)16-8-10-17(11-9-16)21-13(3)19/h4-12H,1-3H3. The Bertz CT molecular complexity index is 637. The van der Waals surface area contributed by atoms with E-state index in [0.29, 0.717) is 22.8 Å². The Labute approximate surface area is 124 Å². The van der Waals surface area contributed by atoms with Gasteiger partial charge in [-0.2, -0.15) is 0 Å².